The van der Waals surface area contributed by atoms with Gasteiger partial charge in [-0.25, -0.2) is 0 Å². The molecule has 1 aliphatic carbocycles. The Morgan fingerprint density at radius 2 is 1.49 bits per heavy atom. The van der Waals surface area contributed by atoms with Crippen molar-refractivity contribution in [3.8, 4) is 5.69 Å². The Balaban J connectivity index is 1.65. The number of hydrogen-bond acceptors (Lipinski definition) is 3. The summed E-state index contributed by atoms with van der Waals surface area (Å²) in [6.45, 7) is 2.52. The van der Waals surface area contributed by atoms with Crippen LogP contribution in [0.2, 0.25) is 0 Å². The normalized spacial score (nSPS) is 14.9. The first-order valence-corrected chi connectivity index (χ1v) is 13.5. The molecule has 0 spiro atoms. The van der Waals surface area contributed by atoms with Gasteiger partial charge in [-0.2, -0.15) is 0 Å². The highest BCUT2D eigenvalue weighted by Gasteiger charge is 2.25. The number of fused-ring (bicyclic) bond motifs is 1. The van der Waals surface area contributed by atoms with Crippen molar-refractivity contribution in [3.63, 3.8) is 0 Å². The summed E-state index contributed by atoms with van der Waals surface area (Å²) in [5.74, 6) is -0.156. The summed E-state index contributed by atoms with van der Waals surface area (Å²) in [5.41, 5.74) is 3.01. The van der Waals surface area contributed by atoms with Gasteiger partial charge in [-0.1, -0.05) is 92.9 Å². The molecule has 37 heavy (non-hydrogen) atoms. The van der Waals surface area contributed by atoms with Gasteiger partial charge in [-0.3, -0.25) is 14.2 Å². The maximum Gasteiger partial charge on any atom is 0.263 e. The molecule has 0 saturated heterocycles. The van der Waals surface area contributed by atoms with Crippen LogP contribution in [0.15, 0.2) is 89.7 Å². The van der Waals surface area contributed by atoms with Crippen LogP contribution in [0.25, 0.3) is 16.5 Å². The average molecular weight is 494 g/mol. The molecule has 3 aromatic carbocycles. The van der Waals surface area contributed by atoms with E-state index in [1.807, 2.05) is 84.9 Å². The maximum atomic E-state index is 14.1. The zero-order chi connectivity index (χ0) is 25.6. The summed E-state index contributed by atoms with van der Waals surface area (Å²) in [4.78, 5) is 28.0. The highest BCUT2D eigenvalue weighted by Crippen LogP contribution is 2.26. The Hall–Kier alpha value is -3.70. The number of pyridine rings is 1. The van der Waals surface area contributed by atoms with Gasteiger partial charge in [-0.15, -0.1) is 0 Å². The van der Waals surface area contributed by atoms with Crippen LogP contribution in [0.1, 0.15) is 73.1 Å². The third-order valence-electron chi connectivity index (χ3n) is 7.51. The summed E-state index contributed by atoms with van der Waals surface area (Å²) < 4.78 is 1.73. The zero-order valence-electron chi connectivity index (χ0n) is 21.5. The van der Waals surface area contributed by atoms with Crippen LogP contribution in [0.4, 0.5) is 0 Å². The second-order valence-corrected chi connectivity index (χ2v) is 9.90. The van der Waals surface area contributed by atoms with Gasteiger partial charge in [0.15, 0.2) is 0 Å². The summed E-state index contributed by atoms with van der Waals surface area (Å²) in [7, 11) is 0. The average Bonchev–Trinajstić information content (AvgIpc) is 2.96. The zero-order valence-corrected chi connectivity index (χ0v) is 21.5. The largest absolute Gasteiger partial charge is 0.345 e. The SMILES string of the molecule is CC[C@H](NC(=O)c1c(CNC2CCCCC2)n(-c2ccccc2)c(=O)c2ccccc12)c1ccccc1. The molecular formula is C32H35N3O2. The lowest BCUT2D eigenvalue weighted by Crippen LogP contribution is -2.37. The van der Waals surface area contributed by atoms with Crippen LogP contribution in [-0.2, 0) is 6.54 Å². The number of aromatic nitrogens is 1. The molecular weight excluding hydrogens is 458 g/mol. The first kappa shape index (κ1) is 25.0. The van der Waals surface area contributed by atoms with Crippen LogP contribution >= 0.6 is 0 Å². The Morgan fingerprint density at radius 1 is 0.865 bits per heavy atom. The number of amides is 1. The monoisotopic (exact) mass is 493 g/mol. The third kappa shape index (κ3) is 5.37. The molecule has 0 unspecified atom stereocenters. The van der Waals surface area contributed by atoms with Gasteiger partial charge in [-0.05, 0) is 43.0 Å². The summed E-state index contributed by atoms with van der Waals surface area (Å²) in [6, 6.07) is 27.5. The molecule has 1 fully saturated rings. The molecule has 1 saturated carbocycles. The van der Waals surface area contributed by atoms with E-state index in [-0.39, 0.29) is 17.5 Å². The fourth-order valence-corrected chi connectivity index (χ4v) is 5.55. The Labute approximate surface area is 218 Å². The van der Waals surface area contributed by atoms with E-state index in [1.165, 1.54) is 19.3 Å². The topological polar surface area (TPSA) is 63.1 Å². The Bertz CT molecular complexity index is 1410. The van der Waals surface area contributed by atoms with Crippen LogP contribution < -0.4 is 16.2 Å². The van der Waals surface area contributed by atoms with Crippen LogP contribution in [0.3, 0.4) is 0 Å². The van der Waals surface area contributed by atoms with Crippen molar-refractivity contribution in [2.24, 2.45) is 0 Å². The quantitative estimate of drug-likeness (QED) is 0.303. The van der Waals surface area contributed by atoms with Crippen molar-refractivity contribution in [2.45, 2.75) is 64.1 Å². The molecule has 5 nitrogen and oxygen atoms in total. The minimum Gasteiger partial charge on any atom is -0.345 e. The molecule has 1 aliphatic rings. The number of nitrogens with one attached hydrogen (secondary N) is 2. The van der Waals surface area contributed by atoms with Crippen LogP contribution in [0.5, 0.6) is 0 Å². The summed E-state index contributed by atoms with van der Waals surface area (Å²) >= 11 is 0. The van der Waals surface area contributed by atoms with E-state index >= 15 is 0 Å². The van der Waals surface area contributed by atoms with Crippen molar-refractivity contribution < 1.29 is 4.79 Å². The van der Waals surface area contributed by atoms with Gasteiger partial charge < -0.3 is 10.6 Å². The van der Waals surface area contributed by atoms with Crippen molar-refractivity contribution in [1.29, 1.82) is 0 Å². The summed E-state index contributed by atoms with van der Waals surface area (Å²) in [5, 5.41) is 8.22. The molecule has 1 atom stereocenters. The second kappa shape index (κ2) is 11.6. The Morgan fingerprint density at radius 3 is 2.16 bits per heavy atom. The lowest BCUT2D eigenvalue weighted by molar-refractivity contribution is 0.0935. The Kier molecular flexibility index (Phi) is 7.81. The number of carbonyl (C=O) groups excluding carboxylic acids is 1. The van der Waals surface area contributed by atoms with Gasteiger partial charge in [0.25, 0.3) is 11.5 Å². The highest BCUT2D eigenvalue weighted by atomic mass is 16.2. The first-order chi connectivity index (χ1) is 18.2. The first-order valence-electron chi connectivity index (χ1n) is 13.5. The lowest BCUT2D eigenvalue weighted by Gasteiger charge is -2.26. The molecule has 0 aliphatic heterocycles. The molecule has 2 N–H and O–H groups in total. The van der Waals surface area contributed by atoms with Crippen molar-refractivity contribution in [1.82, 2.24) is 15.2 Å². The molecule has 5 heteroatoms. The predicted octanol–water partition coefficient (Wildman–Crippen LogP) is 6.29. The second-order valence-electron chi connectivity index (χ2n) is 9.90. The molecule has 1 amide bonds. The molecule has 1 aromatic heterocycles. The van der Waals surface area contributed by atoms with Crippen molar-refractivity contribution in [3.05, 3.63) is 112 Å². The molecule has 4 aromatic rings. The van der Waals surface area contributed by atoms with Crippen molar-refractivity contribution >= 4 is 16.7 Å². The van der Waals surface area contributed by atoms with Crippen molar-refractivity contribution in [2.75, 3.05) is 0 Å². The van der Waals surface area contributed by atoms with E-state index in [1.54, 1.807) is 4.57 Å². The molecule has 190 valence electrons. The molecule has 0 bridgehead atoms. The van der Waals surface area contributed by atoms with Crippen LogP contribution in [0, 0.1) is 0 Å². The van der Waals surface area contributed by atoms with Crippen LogP contribution in [-0.4, -0.2) is 16.5 Å². The molecule has 1 heterocycles. The number of para-hydroxylation sites is 1. The predicted molar refractivity (Wildman–Crippen MR) is 150 cm³/mol. The number of hydrogen-bond donors (Lipinski definition) is 2. The van der Waals surface area contributed by atoms with Gasteiger partial charge in [0.05, 0.1) is 17.3 Å². The van der Waals surface area contributed by atoms with Gasteiger partial charge in [0.1, 0.15) is 0 Å². The van der Waals surface area contributed by atoms with E-state index in [4.69, 9.17) is 0 Å². The van der Waals surface area contributed by atoms with E-state index in [2.05, 4.69) is 17.6 Å². The fourth-order valence-electron chi connectivity index (χ4n) is 5.55. The van der Waals surface area contributed by atoms with Gasteiger partial charge in [0.2, 0.25) is 0 Å². The van der Waals surface area contributed by atoms with E-state index in [0.717, 1.165) is 30.5 Å². The number of nitrogens with zero attached hydrogens (tertiary/aromatic N) is 1. The maximum absolute atomic E-state index is 14.1. The lowest BCUT2D eigenvalue weighted by atomic mass is 9.95. The van der Waals surface area contributed by atoms with E-state index in [0.29, 0.717) is 34.6 Å². The standard InChI is InChI=1S/C32H35N3O2/c1-2-28(23-14-6-3-7-15-23)34-31(36)30-26-20-12-13-21-27(26)32(37)35(25-18-10-5-11-19-25)29(30)22-33-24-16-8-4-9-17-24/h3,5-7,10-15,18-21,24,28,33H,2,4,8-9,16-17,22H2,1H3,(H,34,36)/t28-/m0/s1. The fraction of sp³-hybridized carbons (Fsp3) is 0.312. The van der Waals surface area contributed by atoms with Gasteiger partial charge in [0, 0.05) is 29.0 Å². The van der Waals surface area contributed by atoms with E-state index in [9.17, 15) is 9.59 Å². The third-order valence-corrected chi connectivity index (χ3v) is 7.51. The number of rotatable bonds is 8. The number of benzene rings is 3. The summed E-state index contributed by atoms with van der Waals surface area (Å²) in [6.07, 6.45) is 6.70. The molecule has 5 rings (SSSR count). The smallest absolute Gasteiger partial charge is 0.263 e. The van der Waals surface area contributed by atoms with Gasteiger partial charge >= 0.3 is 0 Å². The minimum atomic E-state index is -0.156. The number of carbonyl (C=O) groups is 1. The highest BCUT2D eigenvalue weighted by molar-refractivity contribution is 6.08. The minimum absolute atomic E-state index is 0.103. The molecule has 0 radical (unpaired) electrons. The van der Waals surface area contributed by atoms with E-state index < -0.39 is 0 Å².